The van der Waals surface area contributed by atoms with E-state index in [4.69, 9.17) is 4.74 Å². The predicted octanol–water partition coefficient (Wildman–Crippen LogP) is 4.09. The van der Waals surface area contributed by atoms with Gasteiger partial charge in [0.2, 0.25) is 5.82 Å². The molecule has 0 saturated heterocycles. The van der Waals surface area contributed by atoms with Crippen molar-refractivity contribution >= 4 is 17.2 Å². The quantitative estimate of drug-likeness (QED) is 0.632. The van der Waals surface area contributed by atoms with Gasteiger partial charge in [-0.2, -0.15) is 18.2 Å². The highest BCUT2D eigenvalue weighted by atomic mass is 32.1. The molecular formula is C19H16F3N3O3S. The molecule has 0 saturated carbocycles. The lowest BCUT2D eigenvalue weighted by Crippen LogP contribution is -2.38. The maximum Gasteiger partial charge on any atom is 0.471 e. The first-order chi connectivity index (χ1) is 13.8. The monoisotopic (exact) mass is 423 g/mol. The topological polar surface area (TPSA) is 68.5 Å². The Morgan fingerprint density at radius 3 is 2.76 bits per heavy atom. The average Bonchev–Trinajstić information content (AvgIpc) is 3.33. The van der Waals surface area contributed by atoms with Gasteiger partial charge in [0.1, 0.15) is 5.75 Å². The van der Waals surface area contributed by atoms with Crippen LogP contribution in [0.1, 0.15) is 21.9 Å². The Hall–Kier alpha value is -2.88. The molecule has 10 heteroatoms. The number of aryl methyl sites for hydroxylation is 1. The van der Waals surface area contributed by atoms with Gasteiger partial charge in [-0.25, -0.2) is 0 Å². The number of halogens is 3. The number of ether oxygens (including phenoxy) is 1. The molecule has 0 spiro atoms. The molecule has 0 radical (unpaired) electrons. The SMILES string of the molecule is Cc1ccc(OCC(=O)N2CCc3sc(-c4noc(C(F)(F)F)n4)cc3C2)cc1. The van der Waals surface area contributed by atoms with Crippen LogP contribution in [0.15, 0.2) is 34.9 Å². The highest BCUT2D eigenvalue weighted by Crippen LogP contribution is 2.35. The maximum absolute atomic E-state index is 12.6. The van der Waals surface area contributed by atoms with Crippen LogP contribution in [0.3, 0.4) is 0 Å². The van der Waals surface area contributed by atoms with Gasteiger partial charge in [-0.15, -0.1) is 11.3 Å². The van der Waals surface area contributed by atoms with Gasteiger partial charge in [-0.3, -0.25) is 4.79 Å². The zero-order valence-electron chi connectivity index (χ0n) is 15.3. The molecule has 0 atom stereocenters. The molecule has 2 aromatic heterocycles. The Labute approximate surface area is 167 Å². The molecule has 3 heterocycles. The van der Waals surface area contributed by atoms with E-state index in [2.05, 4.69) is 14.7 Å². The van der Waals surface area contributed by atoms with Crippen LogP contribution in [-0.4, -0.2) is 34.1 Å². The smallest absolute Gasteiger partial charge is 0.471 e. The molecule has 6 nitrogen and oxygen atoms in total. The molecule has 4 rings (SSSR count). The summed E-state index contributed by atoms with van der Waals surface area (Å²) in [6.07, 6.45) is -4.07. The van der Waals surface area contributed by atoms with E-state index >= 15 is 0 Å². The number of aromatic nitrogens is 2. The molecule has 0 bridgehead atoms. The first-order valence-corrected chi connectivity index (χ1v) is 9.61. The highest BCUT2D eigenvalue weighted by Gasteiger charge is 2.38. The van der Waals surface area contributed by atoms with Crippen LogP contribution in [-0.2, 0) is 23.9 Å². The second-order valence-electron chi connectivity index (χ2n) is 6.65. The summed E-state index contributed by atoms with van der Waals surface area (Å²) in [5.41, 5.74) is 1.97. The molecule has 0 unspecified atom stereocenters. The lowest BCUT2D eigenvalue weighted by Gasteiger charge is -2.26. The molecule has 1 aromatic carbocycles. The number of nitrogens with zero attached hydrogens (tertiary/aromatic N) is 3. The summed E-state index contributed by atoms with van der Waals surface area (Å²) in [5.74, 6) is -0.999. The zero-order chi connectivity index (χ0) is 20.6. The van der Waals surface area contributed by atoms with Gasteiger partial charge in [0.05, 0.1) is 4.88 Å². The van der Waals surface area contributed by atoms with E-state index < -0.39 is 12.1 Å². The van der Waals surface area contributed by atoms with E-state index in [1.807, 2.05) is 31.2 Å². The number of thiophene rings is 1. The number of hydrogen-bond donors (Lipinski definition) is 0. The molecule has 0 N–H and O–H groups in total. The molecule has 29 heavy (non-hydrogen) atoms. The first-order valence-electron chi connectivity index (χ1n) is 8.80. The fraction of sp³-hybridized carbons (Fsp3) is 0.316. The van der Waals surface area contributed by atoms with Gasteiger partial charge in [0, 0.05) is 18.0 Å². The molecule has 1 amide bonds. The van der Waals surface area contributed by atoms with Gasteiger partial charge in [0.25, 0.3) is 5.91 Å². The number of hydrogen-bond acceptors (Lipinski definition) is 6. The van der Waals surface area contributed by atoms with Crippen molar-refractivity contribution in [3.8, 4) is 16.5 Å². The van der Waals surface area contributed by atoms with Crippen molar-refractivity contribution in [3.05, 3.63) is 52.2 Å². The molecule has 0 aliphatic carbocycles. The van der Waals surface area contributed by atoms with Crippen LogP contribution in [0.25, 0.3) is 10.7 Å². The molecule has 1 aliphatic heterocycles. The Balaban J connectivity index is 1.41. The van der Waals surface area contributed by atoms with E-state index in [1.165, 1.54) is 11.3 Å². The number of alkyl halides is 3. The maximum atomic E-state index is 12.6. The van der Waals surface area contributed by atoms with Crippen LogP contribution in [0.2, 0.25) is 0 Å². The molecule has 3 aromatic rings. The third-order valence-corrected chi connectivity index (χ3v) is 5.72. The minimum absolute atomic E-state index is 0.0742. The lowest BCUT2D eigenvalue weighted by molar-refractivity contribution is -0.159. The van der Waals surface area contributed by atoms with E-state index in [0.717, 1.165) is 16.0 Å². The molecule has 0 fully saturated rings. The normalized spacial score (nSPS) is 14.0. The van der Waals surface area contributed by atoms with E-state index in [0.29, 0.717) is 30.1 Å². The summed E-state index contributed by atoms with van der Waals surface area (Å²) >= 11 is 1.32. The van der Waals surface area contributed by atoms with Gasteiger partial charge < -0.3 is 14.2 Å². The minimum atomic E-state index is -4.68. The van der Waals surface area contributed by atoms with Gasteiger partial charge in [-0.05, 0) is 37.1 Å². The summed E-state index contributed by atoms with van der Waals surface area (Å²) < 4.78 is 47.8. The van der Waals surface area contributed by atoms with Crippen molar-refractivity contribution < 1.29 is 27.2 Å². The van der Waals surface area contributed by atoms with Crippen molar-refractivity contribution in [1.82, 2.24) is 15.0 Å². The van der Waals surface area contributed by atoms with Crippen LogP contribution >= 0.6 is 11.3 Å². The largest absolute Gasteiger partial charge is 0.484 e. The Morgan fingerprint density at radius 1 is 1.31 bits per heavy atom. The summed E-state index contributed by atoms with van der Waals surface area (Å²) in [6.45, 7) is 2.78. The summed E-state index contributed by atoms with van der Waals surface area (Å²) in [7, 11) is 0. The fourth-order valence-electron chi connectivity index (χ4n) is 2.97. The third kappa shape index (κ3) is 4.26. The standard InChI is InChI=1S/C19H16F3N3O3S/c1-11-2-4-13(5-3-11)27-10-16(26)25-7-6-14-12(9-25)8-15(29-14)17-23-18(28-24-17)19(20,21)22/h2-5,8H,6-7,9-10H2,1H3. The van der Waals surface area contributed by atoms with Crippen molar-refractivity contribution in [1.29, 1.82) is 0 Å². The number of benzene rings is 1. The number of rotatable bonds is 4. The summed E-state index contributed by atoms with van der Waals surface area (Å²) in [5, 5.41) is 3.42. The van der Waals surface area contributed by atoms with Crippen LogP contribution in [0.4, 0.5) is 13.2 Å². The molecule has 1 aliphatic rings. The second kappa shape index (κ2) is 7.51. The Bertz CT molecular complexity index is 1030. The minimum Gasteiger partial charge on any atom is -0.484 e. The third-order valence-electron chi connectivity index (χ3n) is 4.49. The number of amides is 1. The average molecular weight is 423 g/mol. The second-order valence-corrected chi connectivity index (χ2v) is 7.78. The van der Waals surface area contributed by atoms with Crippen molar-refractivity contribution in [2.24, 2.45) is 0 Å². The Kier molecular flexibility index (Phi) is 5.03. The molecular weight excluding hydrogens is 407 g/mol. The highest BCUT2D eigenvalue weighted by molar-refractivity contribution is 7.15. The number of fused-ring (bicyclic) bond motifs is 1. The first kappa shape index (κ1) is 19.4. The van der Waals surface area contributed by atoms with Gasteiger partial charge in [0.15, 0.2) is 6.61 Å². The molecule has 152 valence electrons. The van der Waals surface area contributed by atoms with Crippen LogP contribution in [0.5, 0.6) is 5.75 Å². The fourth-order valence-corrected chi connectivity index (χ4v) is 4.05. The van der Waals surface area contributed by atoms with Crippen molar-refractivity contribution in [2.75, 3.05) is 13.2 Å². The van der Waals surface area contributed by atoms with Crippen molar-refractivity contribution in [2.45, 2.75) is 26.1 Å². The number of carbonyl (C=O) groups excluding carboxylic acids is 1. The van der Waals surface area contributed by atoms with Crippen LogP contribution in [0, 0.1) is 6.92 Å². The van der Waals surface area contributed by atoms with E-state index in [1.54, 1.807) is 11.0 Å². The predicted molar refractivity (Wildman–Crippen MR) is 98.4 cm³/mol. The van der Waals surface area contributed by atoms with Crippen LogP contribution < -0.4 is 4.74 Å². The summed E-state index contributed by atoms with van der Waals surface area (Å²) in [4.78, 5) is 19.1. The van der Waals surface area contributed by atoms with Gasteiger partial charge >= 0.3 is 12.1 Å². The van der Waals surface area contributed by atoms with E-state index in [-0.39, 0.29) is 18.3 Å². The zero-order valence-corrected chi connectivity index (χ0v) is 16.1. The number of carbonyl (C=O) groups is 1. The van der Waals surface area contributed by atoms with E-state index in [9.17, 15) is 18.0 Å². The van der Waals surface area contributed by atoms with Gasteiger partial charge in [-0.1, -0.05) is 22.9 Å². The summed E-state index contributed by atoms with van der Waals surface area (Å²) in [6, 6.07) is 9.14. The lowest BCUT2D eigenvalue weighted by atomic mass is 10.1. The van der Waals surface area contributed by atoms with Crippen molar-refractivity contribution in [3.63, 3.8) is 0 Å². The Morgan fingerprint density at radius 2 is 2.07 bits per heavy atom.